The lowest BCUT2D eigenvalue weighted by Gasteiger charge is -2.40. The van der Waals surface area contributed by atoms with E-state index in [-0.39, 0.29) is 11.6 Å². The number of nitrogens with zero attached hydrogens (tertiary/aromatic N) is 4. The van der Waals surface area contributed by atoms with E-state index >= 15 is 0 Å². The molecule has 7 nitrogen and oxygen atoms in total. The third-order valence-electron chi connectivity index (χ3n) is 3.37. The lowest BCUT2D eigenvalue weighted by molar-refractivity contribution is -0.104. The van der Waals surface area contributed by atoms with E-state index in [4.69, 9.17) is 15.2 Å². The molecule has 17 heavy (non-hydrogen) atoms. The summed E-state index contributed by atoms with van der Waals surface area (Å²) in [4.78, 5) is 1.44. The second kappa shape index (κ2) is 5.07. The molecule has 2 rings (SSSR count). The standard InChI is InChI=1S/C10H19N5O2/c1-15-13-9(12-14-15)7-8(11)10(16-2)3-5-17-6-4-10/h8H,3-7,11H2,1-2H3. The van der Waals surface area contributed by atoms with Crippen molar-refractivity contribution in [1.82, 2.24) is 20.2 Å². The highest BCUT2D eigenvalue weighted by Crippen LogP contribution is 2.28. The van der Waals surface area contributed by atoms with E-state index in [9.17, 15) is 0 Å². The zero-order valence-corrected chi connectivity index (χ0v) is 10.3. The van der Waals surface area contributed by atoms with E-state index in [1.165, 1.54) is 4.80 Å². The Morgan fingerprint density at radius 2 is 2.24 bits per heavy atom. The monoisotopic (exact) mass is 241 g/mol. The van der Waals surface area contributed by atoms with Gasteiger partial charge in [0.05, 0.1) is 12.6 Å². The third-order valence-corrected chi connectivity index (χ3v) is 3.37. The SMILES string of the molecule is COC1(C(N)Cc2nnn(C)n2)CCOCC1. The Morgan fingerprint density at radius 1 is 1.53 bits per heavy atom. The van der Waals surface area contributed by atoms with Crippen LogP contribution in [0.3, 0.4) is 0 Å². The molecule has 1 aromatic heterocycles. The molecule has 0 saturated carbocycles. The van der Waals surface area contributed by atoms with E-state index < -0.39 is 0 Å². The Labute approximate surface area is 100 Å². The first-order chi connectivity index (χ1) is 8.16. The summed E-state index contributed by atoms with van der Waals surface area (Å²) in [6, 6.07) is -0.138. The predicted octanol–water partition coefficient (Wildman–Crippen LogP) is -0.724. The van der Waals surface area contributed by atoms with E-state index in [1.807, 2.05) is 0 Å². The van der Waals surface area contributed by atoms with Gasteiger partial charge in [-0.3, -0.25) is 0 Å². The molecule has 1 aliphatic heterocycles. The number of hydrogen-bond donors (Lipinski definition) is 1. The minimum atomic E-state index is -0.322. The van der Waals surface area contributed by atoms with Crippen LogP contribution in [-0.4, -0.2) is 52.2 Å². The second-order valence-corrected chi connectivity index (χ2v) is 4.39. The van der Waals surface area contributed by atoms with Gasteiger partial charge < -0.3 is 15.2 Å². The first kappa shape index (κ1) is 12.4. The van der Waals surface area contributed by atoms with Crippen molar-refractivity contribution in [3.05, 3.63) is 5.82 Å². The molecule has 1 fully saturated rings. The van der Waals surface area contributed by atoms with Crippen molar-refractivity contribution in [2.24, 2.45) is 12.8 Å². The van der Waals surface area contributed by atoms with Crippen LogP contribution in [0.2, 0.25) is 0 Å². The maximum Gasteiger partial charge on any atom is 0.176 e. The molecule has 0 aromatic carbocycles. The molecule has 1 saturated heterocycles. The van der Waals surface area contributed by atoms with Crippen LogP contribution in [0.25, 0.3) is 0 Å². The fraction of sp³-hybridized carbons (Fsp3) is 0.900. The zero-order chi connectivity index (χ0) is 12.3. The number of ether oxygens (including phenoxy) is 2. The van der Waals surface area contributed by atoms with Gasteiger partial charge in [0.2, 0.25) is 0 Å². The highest BCUT2D eigenvalue weighted by Gasteiger charge is 2.39. The summed E-state index contributed by atoms with van der Waals surface area (Å²) < 4.78 is 11.0. The van der Waals surface area contributed by atoms with Gasteiger partial charge in [-0.05, 0) is 5.21 Å². The molecule has 0 aliphatic carbocycles. The average Bonchev–Trinajstić information content (AvgIpc) is 2.75. The summed E-state index contributed by atoms with van der Waals surface area (Å²) in [7, 11) is 3.44. The maximum atomic E-state index is 6.24. The summed E-state index contributed by atoms with van der Waals surface area (Å²) in [5.41, 5.74) is 5.92. The lowest BCUT2D eigenvalue weighted by atomic mass is 9.84. The van der Waals surface area contributed by atoms with Crippen molar-refractivity contribution in [3.8, 4) is 0 Å². The molecule has 96 valence electrons. The van der Waals surface area contributed by atoms with Crippen molar-refractivity contribution < 1.29 is 9.47 Å². The molecule has 1 aromatic rings. The average molecular weight is 241 g/mol. The Morgan fingerprint density at radius 3 is 2.76 bits per heavy atom. The molecule has 2 heterocycles. The molecule has 1 aliphatic rings. The summed E-state index contributed by atoms with van der Waals surface area (Å²) in [6.45, 7) is 1.38. The van der Waals surface area contributed by atoms with Gasteiger partial charge in [0.25, 0.3) is 0 Å². The highest BCUT2D eigenvalue weighted by molar-refractivity contribution is 4.98. The van der Waals surface area contributed by atoms with Gasteiger partial charge in [-0.1, -0.05) is 0 Å². The van der Waals surface area contributed by atoms with Gasteiger partial charge in [-0.25, -0.2) is 0 Å². The molecule has 7 heteroatoms. The Kier molecular flexibility index (Phi) is 3.70. The number of rotatable bonds is 4. The summed E-state index contributed by atoms with van der Waals surface area (Å²) in [5.74, 6) is 0.655. The quantitative estimate of drug-likeness (QED) is 0.748. The van der Waals surface area contributed by atoms with Gasteiger partial charge in [0.15, 0.2) is 5.82 Å². The highest BCUT2D eigenvalue weighted by atomic mass is 16.5. The minimum Gasteiger partial charge on any atom is -0.381 e. The molecule has 0 radical (unpaired) electrons. The number of methoxy groups -OCH3 is 1. The number of hydrogen-bond acceptors (Lipinski definition) is 6. The Balaban J connectivity index is 2.04. The maximum absolute atomic E-state index is 6.24. The number of tetrazole rings is 1. The molecule has 2 N–H and O–H groups in total. The van der Waals surface area contributed by atoms with E-state index in [0.717, 1.165) is 12.8 Å². The molecule has 0 amide bonds. The lowest BCUT2D eigenvalue weighted by Crippen LogP contribution is -2.54. The fourth-order valence-corrected chi connectivity index (χ4v) is 2.23. The van der Waals surface area contributed by atoms with E-state index in [1.54, 1.807) is 14.2 Å². The van der Waals surface area contributed by atoms with Crippen LogP contribution in [0.15, 0.2) is 0 Å². The largest absolute Gasteiger partial charge is 0.381 e. The van der Waals surface area contributed by atoms with Gasteiger partial charge in [0, 0.05) is 45.6 Å². The predicted molar refractivity (Wildman–Crippen MR) is 60.3 cm³/mol. The van der Waals surface area contributed by atoms with Gasteiger partial charge >= 0.3 is 0 Å². The van der Waals surface area contributed by atoms with Crippen molar-refractivity contribution in [2.45, 2.75) is 30.9 Å². The van der Waals surface area contributed by atoms with Crippen LogP contribution < -0.4 is 5.73 Å². The van der Waals surface area contributed by atoms with Gasteiger partial charge in [-0.15, -0.1) is 10.2 Å². The van der Waals surface area contributed by atoms with Crippen LogP contribution >= 0.6 is 0 Å². The van der Waals surface area contributed by atoms with Crippen LogP contribution in [0.1, 0.15) is 18.7 Å². The summed E-state index contributed by atoms with van der Waals surface area (Å²) >= 11 is 0. The minimum absolute atomic E-state index is 0.138. The third kappa shape index (κ3) is 2.62. The van der Waals surface area contributed by atoms with Crippen LogP contribution in [0, 0.1) is 0 Å². The van der Waals surface area contributed by atoms with Crippen LogP contribution in [-0.2, 0) is 22.9 Å². The zero-order valence-electron chi connectivity index (χ0n) is 10.3. The van der Waals surface area contributed by atoms with Crippen LogP contribution in [0.5, 0.6) is 0 Å². The fourth-order valence-electron chi connectivity index (χ4n) is 2.23. The molecule has 0 spiro atoms. The van der Waals surface area contributed by atoms with E-state index in [0.29, 0.717) is 25.5 Å². The molecule has 0 bridgehead atoms. The van der Waals surface area contributed by atoms with Crippen LogP contribution in [0.4, 0.5) is 0 Å². The van der Waals surface area contributed by atoms with E-state index in [2.05, 4.69) is 15.4 Å². The van der Waals surface area contributed by atoms with Crippen molar-refractivity contribution in [3.63, 3.8) is 0 Å². The second-order valence-electron chi connectivity index (χ2n) is 4.39. The first-order valence-corrected chi connectivity index (χ1v) is 5.78. The first-order valence-electron chi connectivity index (χ1n) is 5.78. The Bertz CT molecular complexity index is 361. The number of aryl methyl sites for hydroxylation is 1. The van der Waals surface area contributed by atoms with Crippen molar-refractivity contribution >= 4 is 0 Å². The molecular weight excluding hydrogens is 222 g/mol. The Hall–Kier alpha value is -1.05. The normalized spacial score (nSPS) is 21.4. The molecule has 1 atom stereocenters. The summed E-state index contributed by atoms with van der Waals surface area (Å²) in [6.07, 6.45) is 2.19. The number of nitrogens with two attached hydrogens (primary N) is 1. The topological polar surface area (TPSA) is 88.1 Å². The smallest absolute Gasteiger partial charge is 0.176 e. The number of aromatic nitrogens is 4. The van der Waals surface area contributed by atoms with Crippen molar-refractivity contribution in [2.75, 3.05) is 20.3 Å². The van der Waals surface area contributed by atoms with Crippen molar-refractivity contribution in [1.29, 1.82) is 0 Å². The van der Waals surface area contributed by atoms with Gasteiger partial charge in [0.1, 0.15) is 0 Å². The summed E-state index contributed by atoms with van der Waals surface area (Å²) in [5, 5.41) is 11.9. The molecular formula is C10H19N5O2. The molecule has 1 unspecified atom stereocenters. The van der Waals surface area contributed by atoms with Gasteiger partial charge in [-0.2, -0.15) is 4.80 Å².